The van der Waals surface area contributed by atoms with Gasteiger partial charge in [0.25, 0.3) is 0 Å². The van der Waals surface area contributed by atoms with Gasteiger partial charge in [-0.25, -0.2) is 0 Å². The number of carbonyl (C=O) groups is 1. The van der Waals surface area contributed by atoms with Crippen LogP contribution in [0.25, 0.3) is 10.9 Å². The van der Waals surface area contributed by atoms with Crippen LogP contribution in [0.5, 0.6) is 5.75 Å². The molecule has 0 bridgehead atoms. The van der Waals surface area contributed by atoms with Crippen molar-refractivity contribution in [3.63, 3.8) is 0 Å². The molecule has 0 spiro atoms. The molecule has 0 saturated carbocycles. The highest BCUT2D eigenvalue weighted by Gasteiger charge is 2.41. The zero-order valence-electron chi connectivity index (χ0n) is 15.4. The first kappa shape index (κ1) is 16.9. The summed E-state index contributed by atoms with van der Waals surface area (Å²) in [4.78, 5) is 13.3. The summed E-state index contributed by atoms with van der Waals surface area (Å²) in [5.41, 5.74) is 4.35. The number of aryl methyl sites for hydroxylation is 1. The Labute approximate surface area is 153 Å². The van der Waals surface area contributed by atoms with Crippen LogP contribution < -0.4 is 4.74 Å². The molecule has 4 heteroatoms. The molecule has 1 aliphatic carbocycles. The molecular formula is C22H23NO3. The van der Waals surface area contributed by atoms with Gasteiger partial charge in [0.1, 0.15) is 5.75 Å². The lowest BCUT2D eigenvalue weighted by molar-refractivity contribution is 0.103. The second-order valence-corrected chi connectivity index (χ2v) is 7.39. The van der Waals surface area contributed by atoms with Gasteiger partial charge in [0, 0.05) is 47.7 Å². The van der Waals surface area contributed by atoms with E-state index >= 15 is 0 Å². The number of benzene rings is 2. The zero-order valence-corrected chi connectivity index (χ0v) is 15.4. The smallest absolute Gasteiger partial charge is 0.195 e. The van der Waals surface area contributed by atoms with Gasteiger partial charge in [-0.1, -0.05) is 32.0 Å². The third kappa shape index (κ3) is 2.29. The van der Waals surface area contributed by atoms with Crippen LogP contribution in [0.4, 0.5) is 0 Å². The van der Waals surface area contributed by atoms with Crippen LogP contribution in [0.1, 0.15) is 47.4 Å². The molecule has 3 aromatic rings. The molecule has 1 aliphatic rings. The van der Waals surface area contributed by atoms with E-state index in [0.717, 1.165) is 39.0 Å². The van der Waals surface area contributed by atoms with Gasteiger partial charge in [-0.15, -0.1) is 0 Å². The largest absolute Gasteiger partial charge is 0.493 e. The first-order valence-corrected chi connectivity index (χ1v) is 8.97. The predicted molar refractivity (Wildman–Crippen MR) is 102 cm³/mol. The number of ketones is 1. The fraction of sp³-hybridized carbons (Fsp3) is 0.318. The van der Waals surface area contributed by atoms with Crippen molar-refractivity contribution in [3.8, 4) is 5.75 Å². The van der Waals surface area contributed by atoms with Gasteiger partial charge in [0.05, 0.1) is 12.2 Å². The second kappa shape index (κ2) is 5.99. The van der Waals surface area contributed by atoms with Crippen LogP contribution in [-0.4, -0.2) is 28.7 Å². The van der Waals surface area contributed by atoms with Crippen molar-refractivity contribution in [2.45, 2.75) is 25.7 Å². The van der Waals surface area contributed by atoms with Crippen LogP contribution >= 0.6 is 0 Å². The monoisotopic (exact) mass is 349 g/mol. The number of para-hydroxylation sites is 1. The third-order valence-electron chi connectivity index (χ3n) is 5.41. The summed E-state index contributed by atoms with van der Waals surface area (Å²) in [6, 6.07) is 13.8. The van der Waals surface area contributed by atoms with Crippen LogP contribution in [0.15, 0.2) is 42.5 Å². The fourth-order valence-electron chi connectivity index (χ4n) is 4.20. The van der Waals surface area contributed by atoms with Crippen LogP contribution in [0.3, 0.4) is 0 Å². The van der Waals surface area contributed by atoms with Gasteiger partial charge in [0.15, 0.2) is 5.78 Å². The molecule has 4 rings (SSSR count). The average Bonchev–Trinajstić information content (AvgIpc) is 2.94. The van der Waals surface area contributed by atoms with Gasteiger partial charge in [-0.3, -0.25) is 4.79 Å². The first-order valence-electron chi connectivity index (χ1n) is 8.97. The Morgan fingerprint density at radius 3 is 2.69 bits per heavy atom. The van der Waals surface area contributed by atoms with Crippen molar-refractivity contribution in [1.82, 2.24) is 4.57 Å². The van der Waals surface area contributed by atoms with Crippen molar-refractivity contribution in [1.29, 1.82) is 0 Å². The Morgan fingerprint density at radius 1 is 1.15 bits per heavy atom. The maximum absolute atomic E-state index is 13.3. The maximum Gasteiger partial charge on any atom is 0.195 e. The molecule has 0 saturated heterocycles. The standard InChI is InChI=1S/C22H23NO3/c1-22(2)17-13-14(26-12-6-11-24)9-10-15(17)20(25)19-16-7-4-5-8-18(16)23(3)21(19)22/h4-5,7-10,13,24H,6,11-12H2,1-3H3. The Kier molecular flexibility index (Phi) is 3.88. The number of carbonyl (C=O) groups excluding carboxylic acids is 1. The number of fused-ring (bicyclic) bond motifs is 4. The average molecular weight is 349 g/mol. The van der Waals surface area contributed by atoms with E-state index in [9.17, 15) is 4.79 Å². The lowest BCUT2D eigenvalue weighted by Crippen LogP contribution is -2.32. The summed E-state index contributed by atoms with van der Waals surface area (Å²) >= 11 is 0. The Hall–Kier alpha value is -2.59. The summed E-state index contributed by atoms with van der Waals surface area (Å²) in [5.74, 6) is 0.813. The predicted octanol–water partition coefficient (Wildman–Crippen LogP) is 3.81. The maximum atomic E-state index is 13.3. The molecule has 0 atom stereocenters. The van der Waals surface area contributed by atoms with E-state index in [1.165, 1.54) is 0 Å². The summed E-state index contributed by atoms with van der Waals surface area (Å²) in [7, 11) is 2.03. The molecule has 0 fully saturated rings. The van der Waals surface area contributed by atoms with E-state index < -0.39 is 0 Å². The van der Waals surface area contributed by atoms with Gasteiger partial charge < -0.3 is 14.4 Å². The van der Waals surface area contributed by atoms with Gasteiger partial charge in [0.2, 0.25) is 0 Å². The van der Waals surface area contributed by atoms with E-state index in [4.69, 9.17) is 9.84 Å². The molecule has 0 unspecified atom stereocenters. The number of ether oxygens (including phenoxy) is 1. The molecule has 1 heterocycles. The number of nitrogens with zero attached hydrogens (tertiary/aromatic N) is 1. The van der Waals surface area contributed by atoms with Crippen LogP contribution in [-0.2, 0) is 12.5 Å². The zero-order chi connectivity index (χ0) is 18.5. The Balaban J connectivity index is 1.90. The quantitative estimate of drug-likeness (QED) is 0.729. The van der Waals surface area contributed by atoms with Crippen molar-refractivity contribution in [2.24, 2.45) is 7.05 Å². The minimum absolute atomic E-state index is 0.0769. The van der Waals surface area contributed by atoms with Crippen LogP contribution in [0.2, 0.25) is 0 Å². The normalized spacial score (nSPS) is 15.0. The van der Waals surface area contributed by atoms with Crippen molar-refractivity contribution in [2.75, 3.05) is 13.2 Å². The van der Waals surface area contributed by atoms with Crippen LogP contribution in [0, 0.1) is 0 Å². The first-order chi connectivity index (χ1) is 12.5. The van der Waals surface area contributed by atoms with E-state index in [1.54, 1.807) is 0 Å². The SMILES string of the molecule is Cn1c2c(c3ccccc31)C(=O)c1ccc(OCCCO)cc1C2(C)C. The minimum atomic E-state index is -0.317. The van der Waals surface area contributed by atoms with E-state index in [-0.39, 0.29) is 17.8 Å². The third-order valence-corrected chi connectivity index (χ3v) is 5.41. The molecule has 4 nitrogen and oxygen atoms in total. The van der Waals surface area contributed by atoms with Gasteiger partial charge in [-0.2, -0.15) is 0 Å². The molecule has 1 aromatic heterocycles. The summed E-state index contributed by atoms with van der Waals surface area (Å²) in [6.07, 6.45) is 0.590. The lowest BCUT2D eigenvalue weighted by atomic mass is 9.71. The van der Waals surface area contributed by atoms with Gasteiger partial charge in [-0.05, 0) is 29.8 Å². The molecule has 1 N–H and O–H groups in total. The highest BCUT2D eigenvalue weighted by molar-refractivity contribution is 6.20. The Morgan fingerprint density at radius 2 is 1.92 bits per heavy atom. The topological polar surface area (TPSA) is 51.5 Å². The number of rotatable bonds is 4. The highest BCUT2D eigenvalue weighted by Crippen LogP contribution is 2.45. The van der Waals surface area contributed by atoms with Crippen molar-refractivity contribution >= 4 is 16.7 Å². The second-order valence-electron chi connectivity index (χ2n) is 7.39. The minimum Gasteiger partial charge on any atom is -0.493 e. The molecule has 2 aromatic carbocycles. The molecule has 134 valence electrons. The van der Waals surface area contributed by atoms with E-state index in [0.29, 0.717) is 13.0 Å². The summed E-state index contributed by atoms with van der Waals surface area (Å²) < 4.78 is 7.88. The number of hydrogen-bond acceptors (Lipinski definition) is 3. The van der Waals surface area contributed by atoms with E-state index in [1.807, 2.05) is 43.4 Å². The highest BCUT2D eigenvalue weighted by atomic mass is 16.5. The summed E-state index contributed by atoms with van der Waals surface area (Å²) in [6.45, 7) is 4.89. The fourth-order valence-corrected chi connectivity index (χ4v) is 4.20. The van der Waals surface area contributed by atoms with Crippen molar-refractivity contribution in [3.05, 3.63) is 64.8 Å². The van der Waals surface area contributed by atoms with Gasteiger partial charge >= 0.3 is 0 Å². The number of aliphatic hydroxyl groups excluding tert-OH is 1. The Bertz CT molecular complexity index is 1010. The number of aliphatic hydroxyl groups is 1. The number of aromatic nitrogens is 1. The lowest BCUT2D eigenvalue weighted by Gasteiger charge is -2.33. The van der Waals surface area contributed by atoms with E-state index in [2.05, 4.69) is 24.5 Å². The number of hydrogen-bond donors (Lipinski definition) is 1. The molecule has 26 heavy (non-hydrogen) atoms. The molecule has 0 amide bonds. The summed E-state index contributed by atoms with van der Waals surface area (Å²) in [5, 5.41) is 9.95. The molecule has 0 radical (unpaired) electrons. The van der Waals surface area contributed by atoms with Crippen molar-refractivity contribution < 1.29 is 14.6 Å². The molecule has 0 aliphatic heterocycles. The molecular weight excluding hydrogens is 326 g/mol.